The molecule has 1 saturated heterocycles. The summed E-state index contributed by atoms with van der Waals surface area (Å²) < 4.78 is 39.5. The Morgan fingerprint density at radius 1 is 0.909 bits per heavy atom. The highest BCUT2D eigenvalue weighted by atomic mass is 19.4. The second-order valence-electron chi connectivity index (χ2n) is 8.95. The monoisotopic (exact) mass is 456 g/mol. The summed E-state index contributed by atoms with van der Waals surface area (Å²) in [5.41, 5.74) is 13.0. The van der Waals surface area contributed by atoms with Crippen LogP contribution in [0.2, 0.25) is 0 Å². The van der Waals surface area contributed by atoms with Gasteiger partial charge in [-0.1, -0.05) is 78.9 Å². The summed E-state index contributed by atoms with van der Waals surface area (Å²) in [6, 6.07) is 20.5. The summed E-state index contributed by atoms with van der Waals surface area (Å²) in [6.07, 6.45) is -0.544. The molecule has 0 bridgehead atoms. The minimum Gasteiger partial charge on any atom is -0.323 e. The van der Waals surface area contributed by atoms with E-state index in [9.17, 15) is 13.2 Å². The van der Waals surface area contributed by atoms with Gasteiger partial charge in [-0.15, -0.1) is 0 Å². The SMILES string of the molecule is NC1C=CC(C(F)(F)F)=CC1(N)CCN1CCN(C(c2ccccc2)c2ccccc2)CC1. The number of allylic oxidation sites excluding steroid dienone is 2. The molecule has 7 heteroatoms. The Balaban J connectivity index is 1.40. The molecule has 0 saturated carbocycles. The van der Waals surface area contributed by atoms with Gasteiger partial charge in [-0.25, -0.2) is 0 Å². The van der Waals surface area contributed by atoms with Gasteiger partial charge < -0.3 is 16.4 Å². The molecule has 2 aliphatic rings. The Morgan fingerprint density at radius 3 is 1.97 bits per heavy atom. The van der Waals surface area contributed by atoms with Crippen LogP contribution in [-0.2, 0) is 0 Å². The minimum absolute atomic E-state index is 0.171. The van der Waals surface area contributed by atoms with Crippen LogP contribution in [-0.4, -0.2) is 60.3 Å². The number of rotatable bonds is 6. The predicted molar refractivity (Wildman–Crippen MR) is 126 cm³/mol. The molecule has 2 aromatic rings. The lowest BCUT2D eigenvalue weighted by atomic mass is 9.82. The molecule has 1 fully saturated rings. The summed E-state index contributed by atoms with van der Waals surface area (Å²) in [7, 11) is 0. The van der Waals surface area contributed by atoms with Gasteiger partial charge in [0.25, 0.3) is 0 Å². The van der Waals surface area contributed by atoms with Crippen LogP contribution in [0.3, 0.4) is 0 Å². The summed E-state index contributed by atoms with van der Waals surface area (Å²) in [4.78, 5) is 4.74. The molecule has 4 N–H and O–H groups in total. The highest BCUT2D eigenvalue weighted by molar-refractivity contribution is 5.37. The highest BCUT2D eigenvalue weighted by Crippen LogP contribution is 2.33. The first-order valence-electron chi connectivity index (χ1n) is 11.4. The molecule has 33 heavy (non-hydrogen) atoms. The fourth-order valence-corrected chi connectivity index (χ4v) is 4.72. The number of nitrogens with zero attached hydrogens (tertiary/aromatic N) is 2. The lowest BCUT2D eigenvalue weighted by Gasteiger charge is -2.41. The molecular weight excluding hydrogens is 425 g/mol. The van der Waals surface area contributed by atoms with E-state index in [0.717, 1.165) is 38.3 Å². The molecule has 1 aliphatic heterocycles. The Bertz CT molecular complexity index is 927. The van der Waals surface area contributed by atoms with E-state index in [1.54, 1.807) is 0 Å². The molecule has 0 radical (unpaired) electrons. The normalized spacial score (nSPS) is 24.8. The molecule has 4 rings (SSSR count). The van der Waals surface area contributed by atoms with Gasteiger partial charge in [0, 0.05) is 38.8 Å². The van der Waals surface area contributed by atoms with E-state index in [0.29, 0.717) is 13.0 Å². The second kappa shape index (κ2) is 9.81. The van der Waals surface area contributed by atoms with Gasteiger partial charge in [-0.05, 0) is 17.5 Å². The maximum atomic E-state index is 13.2. The van der Waals surface area contributed by atoms with E-state index in [4.69, 9.17) is 11.5 Å². The Hall–Kier alpha value is -2.45. The Morgan fingerprint density at radius 2 is 1.45 bits per heavy atom. The summed E-state index contributed by atoms with van der Waals surface area (Å²) in [5.74, 6) is 0. The zero-order chi connectivity index (χ0) is 23.5. The van der Waals surface area contributed by atoms with Crippen LogP contribution in [0.5, 0.6) is 0 Å². The third kappa shape index (κ3) is 5.55. The third-order valence-electron chi connectivity index (χ3n) is 6.72. The second-order valence-corrected chi connectivity index (χ2v) is 8.95. The van der Waals surface area contributed by atoms with Crippen molar-refractivity contribution < 1.29 is 13.2 Å². The van der Waals surface area contributed by atoms with Gasteiger partial charge in [-0.3, -0.25) is 4.90 Å². The van der Waals surface area contributed by atoms with E-state index in [-0.39, 0.29) is 6.04 Å². The van der Waals surface area contributed by atoms with Crippen molar-refractivity contribution in [2.24, 2.45) is 11.5 Å². The number of hydrogen-bond donors (Lipinski definition) is 2. The fourth-order valence-electron chi connectivity index (χ4n) is 4.72. The Kier molecular flexibility index (Phi) is 7.05. The lowest BCUT2D eigenvalue weighted by Crippen LogP contribution is -2.57. The van der Waals surface area contributed by atoms with Crippen molar-refractivity contribution >= 4 is 0 Å². The average molecular weight is 457 g/mol. The van der Waals surface area contributed by atoms with Crippen LogP contribution < -0.4 is 11.5 Å². The van der Waals surface area contributed by atoms with E-state index in [1.165, 1.54) is 17.2 Å². The first kappa shape index (κ1) is 23.7. The lowest BCUT2D eigenvalue weighted by molar-refractivity contribution is -0.0891. The van der Waals surface area contributed by atoms with Crippen LogP contribution in [0.1, 0.15) is 23.6 Å². The van der Waals surface area contributed by atoms with Gasteiger partial charge in [0.05, 0.1) is 17.2 Å². The van der Waals surface area contributed by atoms with Crippen LogP contribution >= 0.6 is 0 Å². The summed E-state index contributed by atoms with van der Waals surface area (Å²) in [6.45, 7) is 3.98. The summed E-state index contributed by atoms with van der Waals surface area (Å²) >= 11 is 0. The van der Waals surface area contributed by atoms with Crippen molar-refractivity contribution in [3.05, 3.63) is 95.6 Å². The zero-order valence-electron chi connectivity index (χ0n) is 18.6. The standard InChI is InChI=1S/C26H31F3N4/c27-26(28,29)22-11-12-23(30)25(31,19-22)13-14-32-15-17-33(18-16-32)24(20-7-3-1-4-8-20)21-9-5-2-6-10-21/h1-12,19,23-24H,13-18,30-31H2. The maximum Gasteiger partial charge on any atom is 0.416 e. The van der Waals surface area contributed by atoms with Crippen molar-refractivity contribution in [3.8, 4) is 0 Å². The number of piperazine rings is 1. The predicted octanol–water partition coefficient (Wildman–Crippen LogP) is 3.87. The maximum absolute atomic E-state index is 13.2. The van der Waals surface area contributed by atoms with Crippen LogP contribution in [0.15, 0.2) is 84.5 Å². The van der Waals surface area contributed by atoms with Crippen molar-refractivity contribution in [3.63, 3.8) is 0 Å². The number of halogens is 3. The third-order valence-corrected chi connectivity index (χ3v) is 6.72. The zero-order valence-corrected chi connectivity index (χ0v) is 18.6. The van der Waals surface area contributed by atoms with Gasteiger partial charge in [0.1, 0.15) is 0 Å². The molecular formula is C26H31F3N4. The quantitative estimate of drug-likeness (QED) is 0.693. The molecule has 2 aromatic carbocycles. The van der Waals surface area contributed by atoms with Gasteiger partial charge in [0.15, 0.2) is 0 Å². The molecule has 2 unspecified atom stereocenters. The minimum atomic E-state index is -4.42. The first-order chi connectivity index (χ1) is 15.8. The molecule has 176 valence electrons. The summed E-state index contributed by atoms with van der Waals surface area (Å²) in [5, 5.41) is 0. The highest BCUT2D eigenvalue weighted by Gasteiger charge is 2.40. The number of alkyl halides is 3. The van der Waals surface area contributed by atoms with Gasteiger partial charge >= 0.3 is 6.18 Å². The van der Waals surface area contributed by atoms with E-state index in [1.807, 2.05) is 12.1 Å². The number of benzene rings is 2. The average Bonchev–Trinajstić information content (AvgIpc) is 2.81. The number of hydrogen-bond acceptors (Lipinski definition) is 4. The molecule has 2 atom stereocenters. The van der Waals surface area contributed by atoms with Crippen molar-refractivity contribution in [2.45, 2.75) is 30.2 Å². The topological polar surface area (TPSA) is 58.5 Å². The largest absolute Gasteiger partial charge is 0.416 e. The van der Waals surface area contributed by atoms with Crippen molar-refractivity contribution in [1.82, 2.24) is 9.80 Å². The van der Waals surface area contributed by atoms with Gasteiger partial charge in [0.2, 0.25) is 0 Å². The van der Waals surface area contributed by atoms with E-state index < -0.39 is 23.3 Å². The van der Waals surface area contributed by atoms with Crippen molar-refractivity contribution in [2.75, 3.05) is 32.7 Å². The molecule has 1 heterocycles. The van der Waals surface area contributed by atoms with E-state index >= 15 is 0 Å². The molecule has 0 amide bonds. The Labute approximate surface area is 193 Å². The molecule has 4 nitrogen and oxygen atoms in total. The van der Waals surface area contributed by atoms with Crippen LogP contribution in [0.25, 0.3) is 0 Å². The van der Waals surface area contributed by atoms with Crippen LogP contribution in [0.4, 0.5) is 13.2 Å². The fraction of sp³-hybridized carbons (Fsp3) is 0.385. The van der Waals surface area contributed by atoms with Crippen LogP contribution in [0, 0.1) is 0 Å². The number of nitrogens with two attached hydrogens (primary N) is 2. The molecule has 0 spiro atoms. The smallest absolute Gasteiger partial charge is 0.323 e. The van der Waals surface area contributed by atoms with E-state index in [2.05, 4.69) is 58.3 Å². The van der Waals surface area contributed by atoms with Crippen molar-refractivity contribution in [1.29, 1.82) is 0 Å². The molecule has 0 aromatic heterocycles. The first-order valence-corrected chi connectivity index (χ1v) is 11.4. The molecule has 1 aliphatic carbocycles. The van der Waals surface area contributed by atoms with Gasteiger partial charge in [-0.2, -0.15) is 13.2 Å².